The van der Waals surface area contributed by atoms with Crippen LogP contribution in [0.4, 0.5) is 11.4 Å². The van der Waals surface area contributed by atoms with Crippen molar-refractivity contribution >= 4 is 23.2 Å². The van der Waals surface area contributed by atoms with Gasteiger partial charge in [0.15, 0.2) is 0 Å². The van der Waals surface area contributed by atoms with Crippen molar-refractivity contribution in [1.82, 2.24) is 4.90 Å². The third-order valence-corrected chi connectivity index (χ3v) is 4.99. The maximum absolute atomic E-state index is 12.7. The summed E-state index contributed by atoms with van der Waals surface area (Å²) >= 11 is 0. The smallest absolute Gasteiger partial charge is 0.238 e. The lowest BCUT2D eigenvalue weighted by Crippen LogP contribution is -2.38. The highest BCUT2D eigenvalue weighted by molar-refractivity contribution is 5.94. The van der Waals surface area contributed by atoms with Crippen molar-refractivity contribution in [3.8, 4) is 12.1 Å². The van der Waals surface area contributed by atoms with Gasteiger partial charge in [-0.05, 0) is 66.6 Å². The van der Waals surface area contributed by atoms with Crippen LogP contribution in [0.25, 0.3) is 0 Å². The van der Waals surface area contributed by atoms with Gasteiger partial charge in [0, 0.05) is 17.9 Å². The molecule has 0 radical (unpaired) electrons. The standard InChI is InChI=1S/C26H23N5O2/c1-19-4-2-3-5-22(19)16-31(17-25(32)29-23-10-6-20(14-27)7-11-23)18-26(33)30-24-12-8-21(15-28)9-13-24/h2-13H,16-18H2,1H3,(H,29,32)(H,30,33). The van der Waals surface area contributed by atoms with Gasteiger partial charge in [0.25, 0.3) is 0 Å². The molecule has 0 unspecified atom stereocenters. The van der Waals surface area contributed by atoms with E-state index < -0.39 is 0 Å². The van der Waals surface area contributed by atoms with E-state index in [0.29, 0.717) is 29.0 Å². The highest BCUT2D eigenvalue weighted by Gasteiger charge is 2.16. The molecule has 0 aliphatic rings. The molecule has 0 atom stereocenters. The molecule has 0 aliphatic heterocycles. The Morgan fingerprint density at radius 3 is 1.64 bits per heavy atom. The molecule has 7 nitrogen and oxygen atoms in total. The molecule has 3 rings (SSSR count). The van der Waals surface area contributed by atoms with Crippen molar-refractivity contribution < 1.29 is 9.59 Å². The number of rotatable bonds is 8. The van der Waals surface area contributed by atoms with Crippen molar-refractivity contribution in [3.63, 3.8) is 0 Å². The van der Waals surface area contributed by atoms with Gasteiger partial charge in [-0.3, -0.25) is 14.5 Å². The van der Waals surface area contributed by atoms with E-state index in [0.717, 1.165) is 11.1 Å². The van der Waals surface area contributed by atoms with Crippen molar-refractivity contribution in [2.75, 3.05) is 23.7 Å². The van der Waals surface area contributed by atoms with Gasteiger partial charge in [0.2, 0.25) is 11.8 Å². The summed E-state index contributed by atoms with van der Waals surface area (Å²) in [5, 5.41) is 23.4. The number of amides is 2. The first kappa shape index (κ1) is 23.2. The molecule has 7 heteroatoms. The van der Waals surface area contributed by atoms with Gasteiger partial charge in [-0.15, -0.1) is 0 Å². The molecule has 0 bridgehead atoms. The van der Waals surface area contributed by atoms with E-state index in [4.69, 9.17) is 10.5 Å². The number of nitrogens with one attached hydrogen (secondary N) is 2. The fraction of sp³-hybridized carbons (Fsp3) is 0.154. The molecule has 164 valence electrons. The van der Waals surface area contributed by atoms with Gasteiger partial charge in [-0.1, -0.05) is 24.3 Å². The first-order chi connectivity index (χ1) is 16.0. The number of nitrogens with zero attached hydrogens (tertiary/aromatic N) is 3. The fourth-order valence-corrected chi connectivity index (χ4v) is 3.26. The predicted octanol–water partition coefficient (Wildman–Crippen LogP) is 3.82. The second-order valence-corrected chi connectivity index (χ2v) is 7.55. The second-order valence-electron chi connectivity index (χ2n) is 7.55. The number of aryl methyl sites for hydroxylation is 1. The largest absolute Gasteiger partial charge is 0.325 e. The third-order valence-electron chi connectivity index (χ3n) is 4.99. The van der Waals surface area contributed by atoms with Crippen LogP contribution in [0.5, 0.6) is 0 Å². The van der Waals surface area contributed by atoms with Crippen molar-refractivity contribution in [2.45, 2.75) is 13.5 Å². The van der Waals surface area contributed by atoms with E-state index in [1.807, 2.05) is 43.3 Å². The molecule has 3 aromatic carbocycles. The summed E-state index contributed by atoms with van der Waals surface area (Å²) in [6, 6.07) is 25.1. The van der Waals surface area contributed by atoms with Crippen LogP contribution in [-0.4, -0.2) is 29.8 Å². The summed E-state index contributed by atoms with van der Waals surface area (Å²) in [4.78, 5) is 27.1. The quantitative estimate of drug-likeness (QED) is 0.557. The van der Waals surface area contributed by atoms with Crippen molar-refractivity contribution in [2.24, 2.45) is 0 Å². The van der Waals surface area contributed by atoms with Gasteiger partial charge >= 0.3 is 0 Å². The lowest BCUT2D eigenvalue weighted by Gasteiger charge is -2.22. The minimum atomic E-state index is -0.264. The molecule has 0 saturated heterocycles. The number of nitriles is 2. The normalized spacial score (nSPS) is 10.2. The van der Waals surface area contributed by atoms with Gasteiger partial charge in [0.1, 0.15) is 0 Å². The number of hydrogen-bond acceptors (Lipinski definition) is 5. The SMILES string of the molecule is Cc1ccccc1CN(CC(=O)Nc1ccc(C#N)cc1)CC(=O)Nc1ccc(C#N)cc1. The Kier molecular flexibility index (Phi) is 7.91. The molecule has 0 spiro atoms. The maximum atomic E-state index is 12.7. The Bertz CT molecular complexity index is 1130. The van der Waals surface area contributed by atoms with Crippen LogP contribution in [0.2, 0.25) is 0 Å². The number of carbonyl (C=O) groups is 2. The van der Waals surface area contributed by atoms with Crippen LogP contribution in [0.1, 0.15) is 22.3 Å². The molecular formula is C26H23N5O2. The molecule has 0 saturated carbocycles. The van der Waals surface area contributed by atoms with E-state index in [1.165, 1.54) is 0 Å². The van der Waals surface area contributed by atoms with Crippen LogP contribution in [-0.2, 0) is 16.1 Å². The molecule has 3 aromatic rings. The number of anilines is 2. The zero-order valence-electron chi connectivity index (χ0n) is 18.2. The lowest BCUT2D eigenvalue weighted by atomic mass is 10.1. The average Bonchev–Trinajstić information content (AvgIpc) is 2.81. The summed E-state index contributed by atoms with van der Waals surface area (Å²) in [6.07, 6.45) is 0. The third kappa shape index (κ3) is 7.03. The van der Waals surface area contributed by atoms with Gasteiger partial charge < -0.3 is 10.6 Å². The molecule has 0 fully saturated rings. The van der Waals surface area contributed by atoms with Crippen LogP contribution >= 0.6 is 0 Å². The monoisotopic (exact) mass is 437 g/mol. The second kappa shape index (κ2) is 11.2. The molecule has 0 heterocycles. The topological polar surface area (TPSA) is 109 Å². The zero-order chi connectivity index (χ0) is 23.6. The molecule has 2 amide bonds. The van der Waals surface area contributed by atoms with Gasteiger partial charge in [0.05, 0.1) is 36.4 Å². The predicted molar refractivity (Wildman–Crippen MR) is 126 cm³/mol. The Morgan fingerprint density at radius 2 is 1.21 bits per heavy atom. The summed E-state index contributed by atoms with van der Waals surface area (Å²) < 4.78 is 0. The molecule has 2 N–H and O–H groups in total. The molecule has 0 aliphatic carbocycles. The molecule has 0 aromatic heterocycles. The lowest BCUT2D eigenvalue weighted by molar-refractivity contribution is -0.120. The van der Waals surface area contributed by atoms with Crippen LogP contribution < -0.4 is 10.6 Å². The van der Waals surface area contributed by atoms with Crippen molar-refractivity contribution in [3.05, 3.63) is 95.1 Å². The Labute approximate surface area is 192 Å². The van der Waals surface area contributed by atoms with Crippen LogP contribution in [0.15, 0.2) is 72.8 Å². The summed E-state index contributed by atoms with van der Waals surface area (Å²) in [5.74, 6) is -0.529. The fourth-order valence-electron chi connectivity index (χ4n) is 3.26. The summed E-state index contributed by atoms with van der Waals surface area (Å²) in [7, 11) is 0. The highest BCUT2D eigenvalue weighted by atomic mass is 16.2. The highest BCUT2D eigenvalue weighted by Crippen LogP contribution is 2.13. The van der Waals surface area contributed by atoms with Crippen LogP contribution in [0.3, 0.4) is 0 Å². The Balaban J connectivity index is 1.68. The van der Waals surface area contributed by atoms with Crippen molar-refractivity contribution in [1.29, 1.82) is 10.5 Å². The maximum Gasteiger partial charge on any atom is 0.238 e. The van der Waals surface area contributed by atoms with E-state index in [-0.39, 0.29) is 24.9 Å². The first-order valence-electron chi connectivity index (χ1n) is 10.3. The number of hydrogen-bond donors (Lipinski definition) is 2. The molecular weight excluding hydrogens is 414 g/mol. The van der Waals surface area contributed by atoms with Gasteiger partial charge in [-0.2, -0.15) is 10.5 Å². The van der Waals surface area contributed by atoms with E-state index in [9.17, 15) is 9.59 Å². The minimum Gasteiger partial charge on any atom is -0.325 e. The van der Waals surface area contributed by atoms with E-state index in [1.54, 1.807) is 53.4 Å². The zero-order valence-corrected chi connectivity index (χ0v) is 18.2. The van der Waals surface area contributed by atoms with Gasteiger partial charge in [-0.25, -0.2) is 0 Å². The first-order valence-corrected chi connectivity index (χ1v) is 10.3. The van der Waals surface area contributed by atoms with Crippen LogP contribution in [0, 0.1) is 29.6 Å². The minimum absolute atomic E-state index is 0.00905. The Hall–Kier alpha value is -4.46. The summed E-state index contributed by atoms with van der Waals surface area (Å²) in [5.41, 5.74) is 4.27. The van der Waals surface area contributed by atoms with E-state index >= 15 is 0 Å². The van der Waals surface area contributed by atoms with E-state index in [2.05, 4.69) is 10.6 Å². The summed E-state index contributed by atoms with van der Waals surface area (Å²) in [6.45, 7) is 2.43. The molecule has 33 heavy (non-hydrogen) atoms. The Morgan fingerprint density at radius 1 is 0.758 bits per heavy atom. The number of benzene rings is 3. The average molecular weight is 438 g/mol. The number of carbonyl (C=O) groups excluding carboxylic acids is 2.